The van der Waals surface area contributed by atoms with Gasteiger partial charge in [-0.25, -0.2) is 4.98 Å². The first-order valence-electron chi connectivity index (χ1n) is 5.89. The van der Waals surface area contributed by atoms with E-state index in [1.54, 1.807) is 10.9 Å². The van der Waals surface area contributed by atoms with E-state index in [9.17, 15) is 4.79 Å². The number of thiol groups is 1. The summed E-state index contributed by atoms with van der Waals surface area (Å²) in [6, 6.07) is 5.59. The Morgan fingerprint density at radius 2 is 2.22 bits per heavy atom. The molecule has 0 saturated heterocycles. The third-order valence-corrected chi connectivity index (χ3v) is 4.75. The average Bonchev–Trinajstić information content (AvgIpc) is 3.14. The van der Waals surface area contributed by atoms with Gasteiger partial charge in [0.2, 0.25) is 0 Å². The van der Waals surface area contributed by atoms with Gasteiger partial charge >= 0.3 is 0 Å². The Hall–Kier alpha value is -0.810. The van der Waals surface area contributed by atoms with Crippen LogP contribution < -0.4 is 5.56 Å². The second-order valence-electron chi connectivity index (χ2n) is 5.00. The molecule has 2 aromatic rings. The lowest BCUT2D eigenvalue weighted by Gasteiger charge is -2.14. The van der Waals surface area contributed by atoms with Gasteiger partial charge in [0, 0.05) is 11.0 Å². The summed E-state index contributed by atoms with van der Waals surface area (Å²) in [7, 11) is 0. The van der Waals surface area contributed by atoms with Crippen LogP contribution in [0.15, 0.2) is 33.8 Å². The van der Waals surface area contributed by atoms with Gasteiger partial charge < -0.3 is 0 Å². The maximum atomic E-state index is 12.4. The molecule has 0 aliphatic heterocycles. The molecule has 1 aliphatic carbocycles. The number of hydrogen-bond acceptors (Lipinski definition) is 3. The van der Waals surface area contributed by atoms with Crippen LogP contribution in [0.5, 0.6) is 0 Å². The summed E-state index contributed by atoms with van der Waals surface area (Å²) in [6.07, 6.45) is 3.96. The molecule has 94 valence electrons. The quantitative estimate of drug-likeness (QED) is 0.881. The summed E-state index contributed by atoms with van der Waals surface area (Å²) in [5.74, 6) is 0.829. The maximum Gasteiger partial charge on any atom is 0.261 e. The Morgan fingerprint density at radius 3 is 2.89 bits per heavy atom. The van der Waals surface area contributed by atoms with Crippen LogP contribution in [0.4, 0.5) is 0 Å². The zero-order valence-electron chi connectivity index (χ0n) is 9.77. The normalized spacial score (nSPS) is 17.0. The van der Waals surface area contributed by atoms with Crippen LogP contribution in [0.3, 0.4) is 0 Å². The molecule has 0 N–H and O–H groups in total. The summed E-state index contributed by atoms with van der Waals surface area (Å²) in [6.45, 7) is 0.727. The van der Waals surface area contributed by atoms with Gasteiger partial charge in [0.05, 0.1) is 17.2 Å². The lowest BCUT2D eigenvalue weighted by Crippen LogP contribution is -2.26. The standard InChI is InChI=1S/C13H13BrN2OS/c14-9-1-2-11-10(5-9)12(17)16(8-15-11)6-13(7-18)3-4-13/h1-2,5,8,18H,3-4,6-7H2. The highest BCUT2D eigenvalue weighted by Crippen LogP contribution is 2.47. The molecule has 0 amide bonds. The minimum Gasteiger partial charge on any atom is -0.298 e. The van der Waals surface area contributed by atoms with Gasteiger partial charge in [-0.15, -0.1) is 0 Å². The topological polar surface area (TPSA) is 34.9 Å². The lowest BCUT2D eigenvalue weighted by molar-refractivity contribution is 0.462. The minimum atomic E-state index is 0.0364. The number of benzene rings is 1. The molecule has 0 atom stereocenters. The number of hydrogen-bond donors (Lipinski definition) is 1. The van der Waals surface area contributed by atoms with Crippen molar-refractivity contribution >= 4 is 39.5 Å². The number of halogens is 1. The molecular weight excluding hydrogens is 312 g/mol. The van der Waals surface area contributed by atoms with Crippen LogP contribution in [0.2, 0.25) is 0 Å². The summed E-state index contributed by atoms with van der Waals surface area (Å²) >= 11 is 7.77. The Morgan fingerprint density at radius 1 is 1.44 bits per heavy atom. The Bertz CT molecular complexity index is 664. The zero-order chi connectivity index (χ0) is 12.8. The monoisotopic (exact) mass is 324 g/mol. The molecule has 5 heteroatoms. The second-order valence-corrected chi connectivity index (χ2v) is 6.23. The van der Waals surface area contributed by atoms with Crippen LogP contribution in [0.25, 0.3) is 10.9 Å². The van der Waals surface area contributed by atoms with E-state index < -0.39 is 0 Å². The second kappa shape index (κ2) is 4.38. The van der Waals surface area contributed by atoms with E-state index in [-0.39, 0.29) is 11.0 Å². The van der Waals surface area contributed by atoms with Crippen LogP contribution >= 0.6 is 28.6 Å². The fourth-order valence-electron chi connectivity index (χ4n) is 2.15. The summed E-state index contributed by atoms with van der Waals surface area (Å²) in [5.41, 5.74) is 0.999. The molecule has 0 unspecified atom stereocenters. The van der Waals surface area contributed by atoms with Crippen molar-refractivity contribution in [2.45, 2.75) is 19.4 Å². The minimum absolute atomic E-state index is 0.0364. The van der Waals surface area contributed by atoms with Gasteiger partial charge in [-0.1, -0.05) is 15.9 Å². The third-order valence-electron chi connectivity index (χ3n) is 3.58. The lowest BCUT2D eigenvalue weighted by atomic mass is 10.1. The first-order chi connectivity index (χ1) is 8.63. The van der Waals surface area contributed by atoms with Gasteiger partial charge in [0.1, 0.15) is 0 Å². The van der Waals surface area contributed by atoms with E-state index in [0.717, 1.165) is 35.1 Å². The van der Waals surface area contributed by atoms with E-state index in [2.05, 4.69) is 33.5 Å². The molecule has 1 aromatic heterocycles. The van der Waals surface area contributed by atoms with Crippen LogP contribution in [0, 0.1) is 5.41 Å². The highest BCUT2D eigenvalue weighted by molar-refractivity contribution is 9.10. The molecular formula is C13H13BrN2OS. The molecule has 0 spiro atoms. The van der Waals surface area contributed by atoms with Crippen LogP contribution in [-0.4, -0.2) is 15.3 Å². The highest BCUT2D eigenvalue weighted by atomic mass is 79.9. The van der Waals surface area contributed by atoms with Crippen molar-refractivity contribution in [1.82, 2.24) is 9.55 Å². The number of aromatic nitrogens is 2. The maximum absolute atomic E-state index is 12.4. The molecule has 1 aliphatic rings. The highest BCUT2D eigenvalue weighted by Gasteiger charge is 2.41. The summed E-state index contributed by atoms with van der Waals surface area (Å²) in [4.78, 5) is 16.7. The van der Waals surface area contributed by atoms with Crippen molar-refractivity contribution in [3.05, 3.63) is 39.4 Å². The van der Waals surface area contributed by atoms with E-state index in [1.807, 2.05) is 18.2 Å². The molecule has 18 heavy (non-hydrogen) atoms. The van der Waals surface area contributed by atoms with Crippen molar-refractivity contribution in [3.8, 4) is 0 Å². The summed E-state index contributed by atoms with van der Waals surface area (Å²) < 4.78 is 2.62. The largest absolute Gasteiger partial charge is 0.298 e. The van der Waals surface area contributed by atoms with Crippen molar-refractivity contribution in [2.75, 3.05) is 5.75 Å². The molecule has 0 radical (unpaired) electrons. The Kier molecular flexibility index (Phi) is 2.98. The SMILES string of the molecule is O=c1c2cc(Br)ccc2ncn1CC1(CS)CC1. The molecule has 1 saturated carbocycles. The number of rotatable bonds is 3. The number of fused-ring (bicyclic) bond motifs is 1. The zero-order valence-corrected chi connectivity index (χ0v) is 12.2. The van der Waals surface area contributed by atoms with Gasteiger partial charge in [-0.05, 0) is 42.2 Å². The van der Waals surface area contributed by atoms with Crippen molar-refractivity contribution in [1.29, 1.82) is 0 Å². The third kappa shape index (κ3) is 2.10. The van der Waals surface area contributed by atoms with Gasteiger partial charge in [-0.2, -0.15) is 12.6 Å². The van der Waals surface area contributed by atoms with E-state index in [1.165, 1.54) is 0 Å². The van der Waals surface area contributed by atoms with Crippen molar-refractivity contribution in [2.24, 2.45) is 5.41 Å². The van der Waals surface area contributed by atoms with Crippen molar-refractivity contribution in [3.63, 3.8) is 0 Å². The van der Waals surface area contributed by atoms with Crippen LogP contribution in [-0.2, 0) is 6.54 Å². The molecule has 3 rings (SSSR count). The molecule has 3 nitrogen and oxygen atoms in total. The molecule has 1 aromatic carbocycles. The van der Waals surface area contributed by atoms with E-state index >= 15 is 0 Å². The molecule has 1 heterocycles. The van der Waals surface area contributed by atoms with Crippen LogP contribution in [0.1, 0.15) is 12.8 Å². The predicted octanol–water partition coefficient (Wildman–Crippen LogP) is 2.87. The van der Waals surface area contributed by atoms with Gasteiger partial charge in [0.15, 0.2) is 0 Å². The molecule has 1 fully saturated rings. The first kappa shape index (κ1) is 12.2. The van der Waals surface area contributed by atoms with E-state index in [4.69, 9.17) is 0 Å². The smallest absolute Gasteiger partial charge is 0.261 e. The van der Waals surface area contributed by atoms with Gasteiger partial charge in [-0.3, -0.25) is 9.36 Å². The van der Waals surface area contributed by atoms with E-state index in [0.29, 0.717) is 5.39 Å². The van der Waals surface area contributed by atoms with Crippen molar-refractivity contribution < 1.29 is 0 Å². The molecule has 0 bridgehead atoms. The average molecular weight is 325 g/mol. The summed E-state index contributed by atoms with van der Waals surface area (Å²) in [5, 5.41) is 0.668. The Labute approximate surface area is 119 Å². The predicted molar refractivity (Wildman–Crippen MR) is 79.2 cm³/mol. The van der Waals surface area contributed by atoms with Gasteiger partial charge in [0.25, 0.3) is 5.56 Å². The fraction of sp³-hybridized carbons (Fsp3) is 0.385. The first-order valence-corrected chi connectivity index (χ1v) is 7.32. The Balaban J connectivity index is 2.08. The number of nitrogens with zero attached hydrogens (tertiary/aromatic N) is 2. The fourth-order valence-corrected chi connectivity index (χ4v) is 2.93.